The van der Waals surface area contributed by atoms with Crippen molar-refractivity contribution in [3.8, 4) is 5.75 Å². The van der Waals surface area contributed by atoms with E-state index in [4.69, 9.17) is 4.74 Å². The first-order valence-corrected chi connectivity index (χ1v) is 10.2. The molecule has 0 radical (unpaired) electrons. The highest BCUT2D eigenvalue weighted by Crippen LogP contribution is 2.24. The number of benzene rings is 2. The molecule has 0 aromatic heterocycles. The van der Waals surface area contributed by atoms with Gasteiger partial charge in [-0.2, -0.15) is 0 Å². The van der Waals surface area contributed by atoms with E-state index in [0.717, 1.165) is 30.4 Å². The van der Waals surface area contributed by atoms with Crippen LogP contribution in [-0.4, -0.2) is 32.7 Å². The first-order valence-electron chi connectivity index (χ1n) is 10.2. The molecule has 0 spiro atoms. The van der Waals surface area contributed by atoms with Crippen molar-refractivity contribution in [1.29, 1.82) is 0 Å². The van der Waals surface area contributed by atoms with Crippen molar-refractivity contribution in [3.05, 3.63) is 59.7 Å². The molecule has 1 aliphatic heterocycles. The van der Waals surface area contributed by atoms with Crippen LogP contribution in [-0.2, 0) is 6.54 Å². The molecule has 1 saturated heterocycles. The SMILES string of the molecule is CCOc1cccc(CNC(=NC)NC(C)c2cccc(N3CCCC3)c2)c1.I. The number of anilines is 1. The quantitative estimate of drug-likeness (QED) is 0.323. The maximum absolute atomic E-state index is 5.58. The van der Waals surface area contributed by atoms with Gasteiger partial charge in [0, 0.05) is 32.4 Å². The second-order valence-electron chi connectivity index (χ2n) is 7.16. The number of rotatable bonds is 7. The predicted octanol–water partition coefficient (Wildman–Crippen LogP) is 4.73. The molecule has 0 bridgehead atoms. The molecular weight excluding hydrogens is 475 g/mol. The molecule has 1 fully saturated rings. The van der Waals surface area contributed by atoms with E-state index in [-0.39, 0.29) is 30.0 Å². The number of aliphatic imine (C=N–C) groups is 1. The Hall–Kier alpha value is -1.96. The molecule has 1 unspecified atom stereocenters. The highest BCUT2D eigenvalue weighted by molar-refractivity contribution is 14.0. The zero-order chi connectivity index (χ0) is 19.8. The fraction of sp³-hybridized carbons (Fsp3) is 0.435. The van der Waals surface area contributed by atoms with Crippen LogP contribution in [0, 0.1) is 0 Å². The second kappa shape index (κ2) is 11.9. The van der Waals surface area contributed by atoms with Gasteiger partial charge < -0.3 is 20.3 Å². The zero-order valence-corrected chi connectivity index (χ0v) is 20.0. The maximum atomic E-state index is 5.58. The lowest BCUT2D eigenvalue weighted by Gasteiger charge is -2.22. The first-order chi connectivity index (χ1) is 13.7. The molecule has 2 aromatic carbocycles. The Labute approximate surface area is 192 Å². The van der Waals surface area contributed by atoms with E-state index in [1.807, 2.05) is 19.1 Å². The standard InChI is InChI=1S/C23H32N4O.HI/c1-4-28-22-12-7-9-19(15-22)17-25-23(24-3)26-18(2)20-10-8-11-21(16-20)27-13-5-6-14-27;/h7-12,15-16,18H,4-6,13-14,17H2,1-3H3,(H2,24,25,26);1H. The van der Waals surface area contributed by atoms with Crippen molar-refractivity contribution < 1.29 is 4.74 Å². The third-order valence-corrected chi connectivity index (χ3v) is 5.09. The molecule has 3 rings (SSSR count). The molecule has 6 heteroatoms. The second-order valence-corrected chi connectivity index (χ2v) is 7.16. The molecule has 0 aliphatic carbocycles. The number of ether oxygens (including phenoxy) is 1. The van der Waals surface area contributed by atoms with Crippen LogP contribution < -0.4 is 20.3 Å². The third-order valence-electron chi connectivity index (χ3n) is 5.09. The lowest BCUT2D eigenvalue weighted by atomic mass is 10.1. The molecule has 158 valence electrons. The summed E-state index contributed by atoms with van der Waals surface area (Å²) in [5.74, 6) is 1.69. The van der Waals surface area contributed by atoms with E-state index in [2.05, 4.69) is 63.8 Å². The molecule has 29 heavy (non-hydrogen) atoms. The van der Waals surface area contributed by atoms with Gasteiger partial charge >= 0.3 is 0 Å². The average Bonchev–Trinajstić information content (AvgIpc) is 3.26. The Morgan fingerprint density at radius 1 is 1.14 bits per heavy atom. The van der Waals surface area contributed by atoms with Gasteiger partial charge in [-0.1, -0.05) is 24.3 Å². The van der Waals surface area contributed by atoms with Gasteiger partial charge in [0.15, 0.2) is 5.96 Å². The molecule has 2 aromatic rings. The fourth-order valence-electron chi connectivity index (χ4n) is 3.55. The van der Waals surface area contributed by atoms with E-state index in [0.29, 0.717) is 13.2 Å². The van der Waals surface area contributed by atoms with Crippen molar-refractivity contribution in [1.82, 2.24) is 10.6 Å². The molecule has 0 saturated carbocycles. The van der Waals surface area contributed by atoms with Gasteiger partial charge in [-0.3, -0.25) is 4.99 Å². The minimum absolute atomic E-state index is 0. The monoisotopic (exact) mass is 508 g/mol. The third kappa shape index (κ3) is 6.80. The summed E-state index contributed by atoms with van der Waals surface area (Å²) < 4.78 is 5.58. The normalized spacial score (nSPS) is 14.9. The van der Waals surface area contributed by atoms with Gasteiger partial charge in [-0.25, -0.2) is 0 Å². The summed E-state index contributed by atoms with van der Waals surface area (Å²) in [6, 6.07) is 17.1. The minimum Gasteiger partial charge on any atom is -0.494 e. The Kier molecular flexibility index (Phi) is 9.57. The molecule has 0 amide bonds. The summed E-state index contributed by atoms with van der Waals surface area (Å²) in [6.45, 7) is 7.86. The average molecular weight is 508 g/mol. The van der Waals surface area contributed by atoms with E-state index >= 15 is 0 Å². The fourth-order valence-corrected chi connectivity index (χ4v) is 3.55. The van der Waals surface area contributed by atoms with Crippen molar-refractivity contribution in [2.24, 2.45) is 4.99 Å². The summed E-state index contributed by atoms with van der Waals surface area (Å²) in [5, 5.41) is 6.90. The molecular formula is C23H33IN4O. The largest absolute Gasteiger partial charge is 0.494 e. The van der Waals surface area contributed by atoms with E-state index < -0.39 is 0 Å². The summed E-state index contributed by atoms with van der Waals surface area (Å²) in [6.07, 6.45) is 2.58. The van der Waals surface area contributed by atoms with Gasteiger partial charge in [0.25, 0.3) is 0 Å². The van der Waals surface area contributed by atoms with Crippen LogP contribution in [0.2, 0.25) is 0 Å². The van der Waals surface area contributed by atoms with Gasteiger partial charge in [-0.15, -0.1) is 24.0 Å². The highest BCUT2D eigenvalue weighted by Gasteiger charge is 2.14. The van der Waals surface area contributed by atoms with Crippen LogP contribution >= 0.6 is 24.0 Å². The number of guanidine groups is 1. The summed E-state index contributed by atoms with van der Waals surface area (Å²) in [4.78, 5) is 6.85. The lowest BCUT2D eigenvalue weighted by Crippen LogP contribution is -2.38. The van der Waals surface area contributed by atoms with E-state index in [1.165, 1.54) is 24.1 Å². The topological polar surface area (TPSA) is 48.9 Å². The number of halogens is 1. The molecule has 2 N–H and O–H groups in total. The summed E-state index contributed by atoms with van der Waals surface area (Å²) in [5.41, 5.74) is 3.75. The van der Waals surface area contributed by atoms with Gasteiger partial charge in [0.2, 0.25) is 0 Å². The van der Waals surface area contributed by atoms with Crippen LogP contribution in [0.1, 0.15) is 43.9 Å². The number of hydrogen-bond acceptors (Lipinski definition) is 3. The summed E-state index contributed by atoms with van der Waals surface area (Å²) in [7, 11) is 1.80. The van der Waals surface area contributed by atoms with Crippen LogP contribution in [0.25, 0.3) is 0 Å². The van der Waals surface area contributed by atoms with E-state index in [9.17, 15) is 0 Å². The smallest absolute Gasteiger partial charge is 0.191 e. The van der Waals surface area contributed by atoms with Crippen molar-refractivity contribution in [3.63, 3.8) is 0 Å². The number of nitrogens with zero attached hydrogens (tertiary/aromatic N) is 2. The zero-order valence-electron chi connectivity index (χ0n) is 17.6. The van der Waals surface area contributed by atoms with Crippen LogP contribution in [0.3, 0.4) is 0 Å². The Bertz CT molecular complexity index is 790. The van der Waals surface area contributed by atoms with Crippen molar-refractivity contribution in [2.45, 2.75) is 39.3 Å². The first kappa shape index (κ1) is 23.3. The van der Waals surface area contributed by atoms with Gasteiger partial charge in [0.05, 0.1) is 12.6 Å². The lowest BCUT2D eigenvalue weighted by molar-refractivity contribution is 0.340. The van der Waals surface area contributed by atoms with Crippen molar-refractivity contribution in [2.75, 3.05) is 31.6 Å². The van der Waals surface area contributed by atoms with Crippen molar-refractivity contribution >= 4 is 35.6 Å². The Morgan fingerprint density at radius 2 is 1.90 bits per heavy atom. The Morgan fingerprint density at radius 3 is 2.62 bits per heavy atom. The minimum atomic E-state index is 0. The Balaban J connectivity index is 0.00000300. The molecule has 1 aliphatic rings. The highest BCUT2D eigenvalue weighted by atomic mass is 127. The molecule has 5 nitrogen and oxygen atoms in total. The summed E-state index contributed by atoms with van der Waals surface area (Å²) >= 11 is 0. The number of nitrogens with one attached hydrogen (secondary N) is 2. The molecule has 1 atom stereocenters. The van der Waals surface area contributed by atoms with Crippen LogP contribution in [0.15, 0.2) is 53.5 Å². The van der Waals surface area contributed by atoms with Crippen LogP contribution in [0.4, 0.5) is 5.69 Å². The van der Waals surface area contributed by atoms with Crippen LogP contribution in [0.5, 0.6) is 5.75 Å². The van der Waals surface area contributed by atoms with Gasteiger partial charge in [0.1, 0.15) is 5.75 Å². The number of hydrogen-bond donors (Lipinski definition) is 2. The maximum Gasteiger partial charge on any atom is 0.191 e. The molecule has 1 heterocycles. The van der Waals surface area contributed by atoms with Gasteiger partial charge in [-0.05, 0) is 62.1 Å². The van der Waals surface area contributed by atoms with E-state index in [1.54, 1.807) is 7.05 Å². The predicted molar refractivity (Wildman–Crippen MR) is 133 cm³/mol.